The number of halogens is 1. The Kier molecular flexibility index (Phi) is 5.28. The summed E-state index contributed by atoms with van der Waals surface area (Å²) < 4.78 is 20.1. The first-order valence-corrected chi connectivity index (χ1v) is 8.24. The third-order valence-electron chi connectivity index (χ3n) is 3.79. The number of benzene rings is 1. The van der Waals surface area contributed by atoms with Crippen LogP contribution in [0.1, 0.15) is 28.9 Å². The Morgan fingerprint density at radius 2 is 2.04 bits per heavy atom. The van der Waals surface area contributed by atoms with E-state index in [0.29, 0.717) is 24.6 Å². The summed E-state index contributed by atoms with van der Waals surface area (Å²) in [6.45, 7) is 3.07. The first kappa shape index (κ1) is 17.0. The van der Waals surface area contributed by atoms with E-state index in [4.69, 9.17) is 4.74 Å². The number of carbonyl (C=O) groups is 1. The van der Waals surface area contributed by atoms with Gasteiger partial charge in [0.25, 0.3) is 5.91 Å². The number of ether oxygens (including phenoxy) is 1. The van der Waals surface area contributed by atoms with Crippen LogP contribution >= 0.6 is 0 Å². The maximum absolute atomic E-state index is 12.8. The molecule has 0 unspecified atom stereocenters. The summed E-state index contributed by atoms with van der Waals surface area (Å²) in [7, 11) is 0. The Balaban J connectivity index is 1.39. The lowest BCUT2D eigenvalue weighted by atomic mass is 10.3. The zero-order valence-corrected chi connectivity index (χ0v) is 14.0. The van der Waals surface area contributed by atoms with Crippen molar-refractivity contribution in [3.05, 3.63) is 65.9 Å². The fourth-order valence-electron chi connectivity index (χ4n) is 2.43. The molecule has 0 aliphatic heterocycles. The van der Waals surface area contributed by atoms with Crippen molar-refractivity contribution < 1.29 is 13.9 Å². The maximum atomic E-state index is 12.8. The minimum atomic E-state index is -0.280. The molecule has 2 heterocycles. The average Bonchev–Trinajstić information content (AvgIpc) is 3.02. The van der Waals surface area contributed by atoms with E-state index in [1.807, 2.05) is 29.7 Å². The molecule has 3 rings (SSSR count). The molecule has 3 aromatic rings. The molecule has 1 N–H and O–H groups in total. The number of hydrogen-bond donors (Lipinski definition) is 1. The minimum absolute atomic E-state index is 0.180. The van der Waals surface area contributed by atoms with Crippen molar-refractivity contribution in [3.63, 3.8) is 0 Å². The summed E-state index contributed by atoms with van der Waals surface area (Å²) in [5.74, 6) is 0.184. The monoisotopic (exact) mass is 341 g/mol. The summed E-state index contributed by atoms with van der Waals surface area (Å²) in [6, 6.07) is 9.84. The number of rotatable bonds is 7. The topological polar surface area (TPSA) is 55.6 Å². The minimum Gasteiger partial charge on any atom is -0.494 e. The Morgan fingerprint density at radius 3 is 2.84 bits per heavy atom. The summed E-state index contributed by atoms with van der Waals surface area (Å²) in [6.07, 6.45) is 5.20. The van der Waals surface area contributed by atoms with E-state index < -0.39 is 0 Å². The highest BCUT2D eigenvalue weighted by Gasteiger charge is 2.10. The molecule has 6 heteroatoms. The largest absolute Gasteiger partial charge is 0.494 e. The third-order valence-corrected chi connectivity index (χ3v) is 3.79. The van der Waals surface area contributed by atoms with Crippen LogP contribution in [0, 0.1) is 12.7 Å². The predicted molar refractivity (Wildman–Crippen MR) is 93.4 cm³/mol. The molecule has 1 aromatic carbocycles. The molecule has 2 aromatic heterocycles. The van der Waals surface area contributed by atoms with E-state index in [9.17, 15) is 9.18 Å². The number of aryl methyl sites for hydroxylation is 1. The highest BCUT2D eigenvalue weighted by Crippen LogP contribution is 2.11. The normalized spacial score (nSPS) is 10.8. The molecule has 0 saturated heterocycles. The molecule has 0 spiro atoms. The van der Waals surface area contributed by atoms with Crippen molar-refractivity contribution in [1.29, 1.82) is 0 Å². The van der Waals surface area contributed by atoms with Crippen LogP contribution in [0.5, 0.6) is 5.75 Å². The summed E-state index contributed by atoms with van der Waals surface area (Å²) in [5, 5.41) is 2.86. The fraction of sp³-hybridized carbons (Fsp3) is 0.263. The molecular weight excluding hydrogens is 321 g/mol. The van der Waals surface area contributed by atoms with Gasteiger partial charge in [0, 0.05) is 18.9 Å². The molecule has 25 heavy (non-hydrogen) atoms. The fourth-order valence-corrected chi connectivity index (χ4v) is 2.43. The maximum Gasteiger partial charge on any atom is 0.271 e. The molecule has 1 amide bonds. The molecule has 0 atom stereocenters. The number of pyridine rings is 1. The van der Waals surface area contributed by atoms with Gasteiger partial charge in [-0.25, -0.2) is 9.37 Å². The standard InChI is InChI=1S/C19H20FN3O2/c1-14-8-10-23-13-17(22-18(23)12-14)19(24)21-9-2-3-11-25-16-6-4-15(20)5-7-16/h4-8,10,12-13H,2-3,9,11H2,1H3,(H,21,24). The van der Waals surface area contributed by atoms with Crippen molar-refractivity contribution in [2.45, 2.75) is 19.8 Å². The summed E-state index contributed by atoms with van der Waals surface area (Å²) in [5.41, 5.74) is 2.28. The van der Waals surface area contributed by atoms with Crippen LogP contribution in [-0.4, -0.2) is 28.4 Å². The van der Waals surface area contributed by atoms with Crippen molar-refractivity contribution >= 4 is 11.6 Å². The van der Waals surface area contributed by atoms with Crippen molar-refractivity contribution in [2.24, 2.45) is 0 Å². The zero-order valence-electron chi connectivity index (χ0n) is 14.0. The van der Waals surface area contributed by atoms with Gasteiger partial charge in [-0.15, -0.1) is 0 Å². The number of fused-ring (bicyclic) bond motifs is 1. The van der Waals surface area contributed by atoms with E-state index in [1.165, 1.54) is 12.1 Å². The molecule has 0 fully saturated rings. The number of amides is 1. The second kappa shape index (κ2) is 7.79. The van der Waals surface area contributed by atoms with Gasteiger partial charge >= 0.3 is 0 Å². The van der Waals surface area contributed by atoms with Gasteiger partial charge in [0.1, 0.15) is 22.9 Å². The van der Waals surface area contributed by atoms with Crippen molar-refractivity contribution in [1.82, 2.24) is 14.7 Å². The quantitative estimate of drug-likeness (QED) is 0.670. The summed E-state index contributed by atoms with van der Waals surface area (Å²) in [4.78, 5) is 16.5. The van der Waals surface area contributed by atoms with E-state index in [-0.39, 0.29) is 11.7 Å². The smallest absolute Gasteiger partial charge is 0.271 e. The van der Waals surface area contributed by atoms with Crippen LogP contribution in [0.3, 0.4) is 0 Å². The second-order valence-electron chi connectivity index (χ2n) is 5.86. The van der Waals surface area contributed by atoms with Crippen LogP contribution in [-0.2, 0) is 0 Å². The molecule has 0 radical (unpaired) electrons. The van der Waals surface area contributed by atoms with Gasteiger partial charge in [-0.1, -0.05) is 0 Å². The molecule has 0 bridgehead atoms. The number of imidazole rings is 1. The first-order chi connectivity index (χ1) is 12.1. The Bertz CT molecular complexity index is 859. The number of nitrogens with zero attached hydrogens (tertiary/aromatic N) is 2. The van der Waals surface area contributed by atoms with Gasteiger partial charge in [-0.2, -0.15) is 0 Å². The van der Waals surface area contributed by atoms with Gasteiger partial charge in [0.2, 0.25) is 0 Å². The van der Waals surface area contributed by atoms with E-state index >= 15 is 0 Å². The number of aromatic nitrogens is 2. The second-order valence-corrected chi connectivity index (χ2v) is 5.86. The van der Waals surface area contributed by atoms with Crippen LogP contribution in [0.15, 0.2) is 48.8 Å². The number of nitrogens with one attached hydrogen (secondary N) is 1. The highest BCUT2D eigenvalue weighted by molar-refractivity contribution is 5.92. The first-order valence-electron chi connectivity index (χ1n) is 8.24. The zero-order chi connectivity index (χ0) is 17.6. The predicted octanol–water partition coefficient (Wildman–Crippen LogP) is 3.37. The Labute approximate surface area is 145 Å². The number of hydrogen-bond acceptors (Lipinski definition) is 3. The average molecular weight is 341 g/mol. The van der Waals surface area contributed by atoms with Gasteiger partial charge in [-0.3, -0.25) is 4.79 Å². The lowest BCUT2D eigenvalue weighted by Gasteiger charge is -2.06. The van der Waals surface area contributed by atoms with E-state index in [0.717, 1.165) is 24.1 Å². The van der Waals surface area contributed by atoms with Crippen LogP contribution in [0.4, 0.5) is 4.39 Å². The van der Waals surface area contributed by atoms with Crippen LogP contribution < -0.4 is 10.1 Å². The van der Waals surface area contributed by atoms with Gasteiger partial charge in [-0.05, 0) is 61.7 Å². The van der Waals surface area contributed by atoms with Crippen molar-refractivity contribution in [3.8, 4) is 5.75 Å². The lowest BCUT2D eigenvalue weighted by Crippen LogP contribution is -2.25. The van der Waals surface area contributed by atoms with Gasteiger partial charge in [0.05, 0.1) is 6.61 Å². The Hall–Kier alpha value is -2.89. The van der Waals surface area contributed by atoms with Crippen LogP contribution in [0.2, 0.25) is 0 Å². The number of carbonyl (C=O) groups excluding carboxylic acids is 1. The third kappa shape index (κ3) is 4.56. The SMILES string of the molecule is Cc1ccn2cc(C(=O)NCCCCOc3ccc(F)cc3)nc2c1. The molecule has 0 aliphatic rings. The summed E-state index contributed by atoms with van der Waals surface area (Å²) >= 11 is 0. The molecule has 0 aliphatic carbocycles. The Morgan fingerprint density at radius 1 is 1.24 bits per heavy atom. The van der Waals surface area contributed by atoms with Gasteiger partial charge < -0.3 is 14.5 Å². The van der Waals surface area contributed by atoms with E-state index in [1.54, 1.807) is 18.3 Å². The highest BCUT2D eigenvalue weighted by atomic mass is 19.1. The van der Waals surface area contributed by atoms with Crippen LogP contribution in [0.25, 0.3) is 5.65 Å². The number of unbranched alkanes of at least 4 members (excludes halogenated alkanes) is 1. The van der Waals surface area contributed by atoms with Gasteiger partial charge in [0.15, 0.2) is 0 Å². The van der Waals surface area contributed by atoms with E-state index in [2.05, 4.69) is 10.3 Å². The molecule has 5 nitrogen and oxygen atoms in total. The lowest BCUT2D eigenvalue weighted by molar-refractivity contribution is 0.0948. The molecule has 0 saturated carbocycles. The molecule has 130 valence electrons. The molecular formula is C19H20FN3O2. The van der Waals surface area contributed by atoms with Crippen molar-refractivity contribution in [2.75, 3.05) is 13.2 Å².